The lowest BCUT2D eigenvalue weighted by Gasteiger charge is -2.20. The maximum Gasteiger partial charge on any atom is 0.355 e. The Balaban J connectivity index is 2.87. The number of methoxy groups -OCH3 is 1. The van der Waals surface area contributed by atoms with E-state index in [0.29, 0.717) is 23.2 Å². The van der Waals surface area contributed by atoms with Crippen LogP contribution in [0.2, 0.25) is 0 Å². The number of hydrogen-bond acceptors (Lipinski definition) is 5. The van der Waals surface area contributed by atoms with Gasteiger partial charge in [-0.1, -0.05) is 6.92 Å². The molecule has 2 N–H and O–H groups in total. The lowest BCUT2D eigenvalue weighted by atomic mass is 10.1. The van der Waals surface area contributed by atoms with Gasteiger partial charge in [0, 0.05) is 11.2 Å². The summed E-state index contributed by atoms with van der Waals surface area (Å²) < 4.78 is 9.74. The van der Waals surface area contributed by atoms with Gasteiger partial charge in [-0.3, -0.25) is 4.79 Å². The van der Waals surface area contributed by atoms with Crippen molar-refractivity contribution in [2.45, 2.75) is 46.6 Å². The van der Waals surface area contributed by atoms with E-state index in [4.69, 9.17) is 9.47 Å². The average Bonchev–Trinajstić information content (AvgIpc) is 2.79. The Morgan fingerprint density at radius 2 is 1.78 bits per heavy atom. The minimum atomic E-state index is -0.684. The van der Waals surface area contributed by atoms with Crippen LogP contribution in [0.25, 0.3) is 0 Å². The quantitative estimate of drug-likeness (QED) is 0.804. The molecular formula is C16H24N2O5. The van der Waals surface area contributed by atoms with Crippen LogP contribution in [0.5, 0.6) is 0 Å². The number of hydrogen-bond donors (Lipinski definition) is 2. The molecule has 0 aliphatic rings. The van der Waals surface area contributed by atoms with Crippen molar-refractivity contribution in [1.29, 1.82) is 0 Å². The number of amides is 1. The molecule has 1 aromatic heterocycles. The van der Waals surface area contributed by atoms with Gasteiger partial charge in [0.05, 0.1) is 12.7 Å². The van der Waals surface area contributed by atoms with Crippen molar-refractivity contribution >= 4 is 17.8 Å². The molecule has 0 atom stereocenters. The van der Waals surface area contributed by atoms with E-state index in [9.17, 15) is 14.4 Å². The van der Waals surface area contributed by atoms with E-state index < -0.39 is 17.5 Å². The van der Waals surface area contributed by atoms with E-state index in [1.54, 1.807) is 6.92 Å². The second kappa shape index (κ2) is 7.30. The summed E-state index contributed by atoms with van der Waals surface area (Å²) in [5.74, 6) is -1.59. The molecule has 0 aliphatic carbocycles. The van der Waals surface area contributed by atoms with Gasteiger partial charge < -0.3 is 19.8 Å². The van der Waals surface area contributed by atoms with Gasteiger partial charge in [-0.05, 0) is 39.7 Å². The summed E-state index contributed by atoms with van der Waals surface area (Å²) in [4.78, 5) is 38.5. The molecule has 0 fully saturated rings. The highest BCUT2D eigenvalue weighted by molar-refractivity contribution is 5.99. The van der Waals surface area contributed by atoms with Gasteiger partial charge in [0.25, 0.3) is 5.91 Å². The van der Waals surface area contributed by atoms with Crippen LogP contribution in [0.1, 0.15) is 59.8 Å². The molecule has 23 heavy (non-hydrogen) atoms. The zero-order valence-electron chi connectivity index (χ0n) is 14.5. The third kappa shape index (κ3) is 4.84. The fourth-order valence-corrected chi connectivity index (χ4v) is 2.16. The van der Waals surface area contributed by atoms with Gasteiger partial charge in [0.1, 0.15) is 5.69 Å². The second-order valence-electron chi connectivity index (χ2n) is 6.20. The van der Waals surface area contributed by atoms with Gasteiger partial charge in [0.2, 0.25) is 0 Å². The standard InChI is InChI=1S/C16H24N2O5/c1-7-10-12(14(20)22-6)9(2)13(17-10)15(21)23-8-11(19)18-16(3,4)5/h17H,7-8H2,1-6H3,(H,18,19). The lowest BCUT2D eigenvalue weighted by Crippen LogP contribution is -2.42. The van der Waals surface area contributed by atoms with Crippen molar-refractivity contribution in [3.05, 3.63) is 22.5 Å². The van der Waals surface area contributed by atoms with Crippen LogP contribution >= 0.6 is 0 Å². The van der Waals surface area contributed by atoms with Crippen LogP contribution in [0, 0.1) is 6.92 Å². The third-order valence-corrected chi connectivity index (χ3v) is 3.12. The Kier molecular flexibility index (Phi) is 5.95. The Bertz CT molecular complexity index is 611. The topological polar surface area (TPSA) is 97.5 Å². The number of ether oxygens (including phenoxy) is 2. The molecule has 1 aromatic rings. The molecule has 0 spiro atoms. The number of H-pyrrole nitrogens is 1. The van der Waals surface area contributed by atoms with Crippen LogP contribution in [0.3, 0.4) is 0 Å². The fourth-order valence-electron chi connectivity index (χ4n) is 2.16. The van der Waals surface area contributed by atoms with Gasteiger partial charge in [0.15, 0.2) is 6.61 Å². The first-order valence-corrected chi connectivity index (χ1v) is 7.38. The highest BCUT2D eigenvalue weighted by Crippen LogP contribution is 2.20. The first-order chi connectivity index (χ1) is 10.6. The van der Waals surface area contributed by atoms with E-state index in [-0.39, 0.29) is 18.2 Å². The monoisotopic (exact) mass is 324 g/mol. The first kappa shape index (κ1) is 18.7. The van der Waals surface area contributed by atoms with E-state index in [2.05, 4.69) is 10.3 Å². The number of carbonyl (C=O) groups is 3. The van der Waals surface area contributed by atoms with Gasteiger partial charge >= 0.3 is 11.9 Å². The molecule has 0 saturated carbocycles. The van der Waals surface area contributed by atoms with Gasteiger partial charge in [-0.25, -0.2) is 9.59 Å². The molecule has 0 aliphatic heterocycles. The van der Waals surface area contributed by atoms with Crippen molar-refractivity contribution in [3.63, 3.8) is 0 Å². The summed E-state index contributed by atoms with van der Waals surface area (Å²) in [7, 11) is 1.28. The summed E-state index contributed by atoms with van der Waals surface area (Å²) in [6.45, 7) is 8.59. The maximum atomic E-state index is 12.1. The zero-order chi connectivity index (χ0) is 17.8. The second-order valence-corrected chi connectivity index (χ2v) is 6.20. The highest BCUT2D eigenvalue weighted by Gasteiger charge is 2.25. The van der Waals surface area contributed by atoms with Crippen molar-refractivity contribution in [1.82, 2.24) is 10.3 Å². The smallest absolute Gasteiger partial charge is 0.355 e. The summed E-state index contributed by atoms with van der Waals surface area (Å²) in [6, 6.07) is 0. The Hall–Kier alpha value is -2.31. The van der Waals surface area contributed by atoms with Gasteiger partial charge in [-0.15, -0.1) is 0 Å². The molecule has 1 heterocycles. The molecule has 1 amide bonds. The van der Waals surface area contributed by atoms with Crippen molar-refractivity contribution in [2.24, 2.45) is 0 Å². The predicted molar refractivity (Wildman–Crippen MR) is 84.4 cm³/mol. The summed E-state index contributed by atoms with van der Waals surface area (Å²) in [6.07, 6.45) is 0.531. The fraction of sp³-hybridized carbons (Fsp3) is 0.562. The summed E-state index contributed by atoms with van der Waals surface area (Å²) in [5.41, 5.74) is 1.14. The highest BCUT2D eigenvalue weighted by atomic mass is 16.5. The number of aryl methyl sites for hydroxylation is 1. The molecular weight excluding hydrogens is 300 g/mol. The SMILES string of the molecule is CCc1[nH]c(C(=O)OCC(=O)NC(C)(C)C)c(C)c1C(=O)OC. The number of carbonyl (C=O) groups excluding carboxylic acids is 3. The van der Waals surface area contributed by atoms with Crippen molar-refractivity contribution in [2.75, 3.05) is 13.7 Å². The molecule has 7 nitrogen and oxygen atoms in total. The number of esters is 2. The maximum absolute atomic E-state index is 12.1. The Morgan fingerprint density at radius 1 is 1.17 bits per heavy atom. The third-order valence-electron chi connectivity index (χ3n) is 3.12. The van der Waals surface area contributed by atoms with E-state index >= 15 is 0 Å². The molecule has 7 heteroatoms. The minimum absolute atomic E-state index is 0.158. The summed E-state index contributed by atoms with van der Waals surface area (Å²) in [5, 5.41) is 2.70. The largest absolute Gasteiger partial charge is 0.465 e. The predicted octanol–water partition coefficient (Wildman–Crippen LogP) is 1.74. The average molecular weight is 324 g/mol. The van der Waals surface area contributed by atoms with Crippen LogP contribution in [-0.4, -0.2) is 42.1 Å². The van der Waals surface area contributed by atoms with E-state index in [1.807, 2.05) is 27.7 Å². The number of aromatic amines is 1. The van der Waals surface area contributed by atoms with Crippen LogP contribution < -0.4 is 5.32 Å². The number of nitrogens with one attached hydrogen (secondary N) is 2. The minimum Gasteiger partial charge on any atom is -0.465 e. The van der Waals surface area contributed by atoms with Gasteiger partial charge in [-0.2, -0.15) is 0 Å². The Morgan fingerprint density at radius 3 is 2.26 bits per heavy atom. The Labute approximate surface area is 135 Å². The molecule has 0 bridgehead atoms. The van der Waals surface area contributed by atoms with Crippen LogP contribution in [0.4, 0.5) is 0 Å². The normalized spacial score (nSPS) is 11.0. The van der Waals surface area contributed by atoms with Crippen molar-refractivity contribution < 1.29 is 23.9 Å². The van der Waals surface area contributed by atoms with Crippen molar-refractivity contribution in [3.8, 4) is 0 Å². The van der Waals surface area contributed by atoms with Crippen LogP contribution in [0.15, 0.2) is 0 Å². The van der Waals surface area contributed by atoms with Crippen LogP contribution in [-0.2, 0) is 20.7 Å². The molecule has 1 rings (SSSR count). The zero-order valence-corrected chi connectivity index (χ0v) is 14.5. The lowest BCUT2D eigenvalue weighted by molar-refractivity contribution is -0.125. The molecule has 0 unspecified atom stereocenters. The van der Waals surface area contributed by atoms with E-state index in [0.717, 1.165) is 0 Å². The number of aromatic nitrogens is 1. The van der Waals surface area contributed by atoms with E-state index in [1.165, 1.54) is 7.11 Å². The molecule has 0 radical (unpaired) electrons. The molecule has 0 saturated heterocycles. The molecule has 0 aromatic carbocycles. The molecule has 128 valence electrons. The number of rotatable bonds is 5. The first-order valence-electron chi connectivity index (χ1n) is 7.38. The summed E-state index contributed by atoms with van der Waals surface area (Å²) >= 11 is 0.